The minimum Gasteiger partial charge on any atom is -0.382 e. The molecule has 0 spiro atoms. The van der Waals surface area contributed by atoms with Gasteiger partial charge < -0.3 is 15.2 Å². The minimum absolute atomic E-state index is 0.342. The Kier molecular flexibility index (Phi) is 5.40. The number of hydrogen-bond acceptors (Lipinski definition) is 4. The van der Waals surface area contributed by atoms with Crippen LogP contribution in [0.3, 0.4) is 0 Å². The van der Waals surface area contributed by atoms with Crippen molar-refractivity contribution in [2.75, 3.05) is 46.6 Å². The number of nitrogens with two attached hydrogens (primary N) is 1. The van der Waals surface area contributed by atoms with Gasteiger partial charge in [0.25, 0.3) is 0 Å². The molecule has 0 radical (unpaired) electrons. The maximum Gasteiger partial charge on any atom is 0.0700 e. The van der Waals surface area contributed by atoms with Crippen molar-refractivity contribution in [3.63, 3.8) is 0 Å². The molecule has 0 aromatic heterocycles. The number of ether oxygens (including phenoxy) is 2. The summed E-state index contributed by atoms with van der Waals surface area (Å²) in [6, 6.07) is 0.342. The van der Waals surface area contributed by atoms with Crippen LogP contribution >= 0.6 is 0 Å². The summed E-state index contributed by atoms with van der Waals surface area (Å²) in [4.78, 5) is 2.36. The number of rotatable bonds is 6. The summed E-state index contributed by atoms with van der Waals surface area (Å²) < 4.78 is 10.3. The molecular formula is C10H22N2O2. The van der Waals surface area contributed by atoms with Gasteiger partial charge >= 0.3 is 0 Å². The molecule has 2 N–H and O–H groups in total. The summed E-state index contributed by atoms with van der Waals surface area (Å²) in [6.45, 7) is 7.45. The van der Waals surface area contributed by atoms with Crippen molar-refractivity contribution < 1.29 is 9.47 Å². The zero-order valence-electron chi connectivity index (χ0n) is 9.24. The van der Waals surface area contributed by atoms with E-state index in [0.717, 1.165) is 26.2 Å². The molecule has 0 aliphatic carbocycles. The number of methoxy groups -OCH3 is 1. The predicted octanol–water partition coefficient (Wildman–Crippen LogP) is -0.0716. The van der Waals surface area contributed by atoms with E-state index < -0.39 is 0 Å². The second-order valence-corrected chi connectivity index (χ2v) is 4.01. The monoisotopic (exact) mass is 202 g/mol. The predicted molar refractivity (Wildman–Crippen MR) is 56.3 cm³/mol. The Morgan fingerprint density at radius 3 is 2.64 bits per heavy atom. The normalized spacial score (nSPS) is 28.5. The van der Waals surface area contributed by atoms with E-state index >= 15 is 0 Å². The van der Waals surface area contributed by atoms with Crippen molar-refractivity contribution in [3.8, 4) is 0 Å². The fourth-order valence-corrected chi connectivity index (χ4v) is 1.72. The van der Waals surface area contributed by atoms with Gasteiger partial charge in [0.2, 0.25) is 0 Å². The van der Waals surface area contributed by atoms with Crippen LogP contribution in [0.5, 0.6) is 0 Å². The van der Waals surface area contributed by atoms with Crippen LogP contribution in [-0.4, -0.2) is 57.5 Å². The maximum atomic E-state index is 5.92. The van der Waals surface area contributed by atoms with Crippen molar-refractivity contribution in [2.45, 2.75) is 13.0 Å². The number of likely N-dealkylation sites (tertiary alicyclic amines) is 1. The summed E-state index contributed by atoms with van der Waals surface area (Å²) in [6.07, 6.45) is 0. The first-order valence-electron chi connectivity index (χ1n) is 5.28. The molecule has 1 rings (SSSR count). The van der Waals surface area contributed by atoms with E-state index in [1.54, 1.807) is 7.11 Å². The first-order valence-corrected chi connectivity index (χ1v) is 5.28. The quantitative estimate of drug-likeness (QED) is 0.612. The van der Waals surface area contributed by atoms with E-state index in [2.05, 4.69) is 11.8 Å². The molecule has 0 aromatic rings. The van der Waals surface area contributed by atoms with Crippen LogP contribution in [0.2, 0.25) is 0 Å². The molecule has 1 aliphatic rings. The van der Waals surface area contributed by atoms with Gasteiger partial charge in [0.15, 0.2) is 0 Å². The van der Waals surface area contributed by atoms with Crippen molar-refractivity contribution in [2.24, 2.45) is 11.7 Å². The highest BCUT2D eigenvalue weighted by atomic mass is 16.5. The summed E-state index contributed by atoms with van der Waals surface area (Å²) in [5.41, 5.74) is 5.92. The van der Waals surface area contributed by atoms with Gasteiger partial charge in [-0.25, -0.2) is 0 Å². The van der Waals surface area contributed by atoms with Crippen LogP contribution < -0.4 is 5.73 Å². The van der Waals surface area contributed by atoms with Gasteiger partial charge in [0.05, 0.1) is 19.8 Å². The molecule has 1 fully saturated rings. The highest BCUT2D eigenvalue weighted by Gasteiger charge is 2.25. The maximum absolute atomic E-state index is 5.92. The zero-order chi connectivity index (χ0) is 10.4. The van der Waals surface area contributed by atoms with Gasteiger partial charge in [0.1, 0.15) is 0 Å². The largest absolute Gasteiger partial charge is 0.382 e. The van der Waals surface area contributed by atoms with Crippen molar-refractivity contribution in [3.05, 3.63) is 0 Å². The molecule has 1 heterocycles. The van der Waals surface area contributed by atoms with Gasteiger partial charge in [-0.2, -0.15) is 0 Å². The van der Waals surface area contributed by atoms with E-state index in [9.17, 15) is 0 Å². The Morgan fingerprint density at radius 1 is 1.29 bits per heavy atom. The molecule has 0 saturated carbocycles. The summed E-state index contributed by atoms with van der Waals surface area (Å²) in [5, 5.41) is 0. The van der Waals surface area contributed by atoms with Crippen molar-refractivity contribution >= 4 is 0 Å². The molecular weight excluding hydrogens is 180 g/mol. The van der Waals surface area contributed by atoms with Crippen LogP contribution in [0, 0.1) is 5.92 Å². The lowest BCUT2D eigenvalue weighted by Crippen LogP contribution is -2.30. The number of nitrogens with zero attached hydrogens (tertiary/aromatic N) is 1. The molecule has 1 aliphatic heterocycles. The third-order valence-electron chi connectivity index (χ3n) is 2.73. The molecule has 0 amide bonds. The van der Waals surface area contributed by atoms with E-state index in [1.165, 1.54) is 0 Å². The highest BCUT2D eigenvalue weighted by molar-refractivity contribution is 4.83. The van der Waals surface area contributed by atoms with Gasteiger partial charge in [0, 0.05) is 32.8 Å². The van der Waals surface area contributed by atoms with E-state index in [0.29, 0.717) is 25.2 Å². The van der Waals surface area contributed by atoms with E-state index in [4.69, 9.17) is 15.2 Å². The summed E-state index contributed by atoms with van der Waals surface area (Å²) in [5.74, 6) is 0.619. The van der Waals surface area contributed by atoms with Crippen LogP contribution in [0.15, 0.2) is 0 Å². The first-order chi connectivity index (χ1) is 6.74. The van der Waals surface area contributed by atoms with Gasteiger partial charge in [-0.05, 0) is 5.92 Å². The fourth-order valence-electron chi connectivity index (χ4n) is 1.72. The standard InChI is InChI=1S/C10H22N2O2/c1-9-7-12(8-10(9)11)3-4-14-6-5-13-2/h9-10H,3-8,11H2,1-2H3. The smallest absolute Gasteiger partial charge is 0.0700 e. The van der Waals surface area contributed by atoms with Crippen LogP contribution in [0.1, 0.15) is 6.92 Å². The Hall–Kier alpha value is -0.160. The first kappa shape index (κ1) is 11.9. The minimum atomic E-state index is 0.342. The SMILES string of the molecule is COCCOCCN1CC(C)C(N)C1. The lowest BCUT2D eigenvalue weighted by molar-refractivity contribution is 0.0599. The van der Waals surface area contributed by atoms with Crippen LogP contribution in [0.4, 0.5) is 0 Å². The highest BCUT2D eigenvalue weighted by Crippen LogP contribution is 2.13. The molecule has 2 atom stereocenters. The zero-order valence-corrected chi connectivity index (χ0v) is 9.24. The molecule has 2 unspecified atom stereocenters. The molecule has 1 saturated heterocycles. The van der Waals surface area contributed by atoms with Gasteiger partial charge in [-0.3, -0.25) is 4.90 Å². The van der Waals surface area contributed by atoms with Crippen molar-refractivity contribution in [1.82, 2.24) is 4.90 Å². The Labute approximate surface area is 86.3 Å². The average Bonchev–Trinajstić information content (AvgIpc) is 2.46. The second-order valence-electron chi connectivity index (χ2n) is 4.01. The molecule has 84 valence electrons. The lowest BCUT2D eigenvalue weighted by Gasteiger charge is -2.14. The topological polar surface area (TPSA) is 47.7 Å². The molecule has 4 nitrogen and oxygen atoms in total. The van der Waals surface area contributed by atoms with Crippen molar-refractivity contribution in [1.29, 1.82) is 0 Å². The van der Waals surface area contributed by atoms with Gasteiger partial charge in [-0.15, -0.1) is 0 Å². The third-order valence-corrected chi connectivity index (χ3v) is 2.73. The summed E-state index contributed by atoms with van der Waals surface area (Å²) in [7, 11) is 1.69. The van der Waals surface area contributed by atoms with E-state index in [1.807, 2.05) is 0 Å². The third kappa shape index (κ3) is 3.92. The Bertz CT molecular complexity index is 145. The second kappa shape index (κ2) is 6.35. The average molecular weight is 202 g/mol. The number of hydrogen-bond donors (Lipinski definition) is 1. The van der Waals surface area contributed by atoms with E-state index in [-0.39, 0.29) is 0 Å². The van der Waals surface area contributed by atoms with Crippen LogP contribution in [-0.2, 0) is 9.47 Å². The summed E-state index contributed by atoms with van der Waals surface area (Å²) >= 11 is 0. The Balaban J connectivity index is 1.97. The molecule has 0 bridgehead atoms. The van der Waals surface area contributed by atoms with Crippen LogP contribution in [0.25, 0.3) is 0 Å². The molecule has 14 heavy (non-hydrogen) atoms. The fraction of sp³-hybridized carbons (Fsp3) is 1.00. The molecule has 4 heteroatoms. The lowest BCUT2D eigenvalue weighted by atomic mass is 10.1. The molecule has 0 aromatic carbocycles. The Morgan fingerprint density at radius 2 is 2.07 bits per heavy atom. The van der Waals surface area contributed by atoms with Gasteiger partial charge in [-0.1, -0.05) is 6.92 Å².